The average Bonchev–Trinajstić information content (AvgIpc) is 3.34. The zero-order chi connectivity index (χ0) is 30.6. The van der Waals surface area contributed by atoms with Gasteiger partial charge in [-0.25, -0.2) is 4.98 Å². The van der Waals surface area contributed by atoms with Crippen LogP contribution in [-0.4, -0.2) is 52.1 Å². The van der Waals surface area contributed by atoms with Gasteiger partial charge < -0.3 is 19.1 Å². The number of carbonyl (C=O) groups is 1. The summed E-state index contributed by atoms with van der Waals surface area (Å²) in [5.41, 5.74) is 3.58. The second-order valence-corrected chi connectivity index (χ2v) is 11.4. The summed E-state index contributed by atoms with van der Waals surface area (Å²) in [5.74, 6) is 2.79. The molecule has 45 heavy (non-hydrogen) atoms. The molecule has 0 N–H and O–H groups in total. The van der Waals surface area contributed by atoms with E-state index in [1.165, 1.54) is 0 Å². The highest BCUT2D eigenvalue weighted by Gasteiger charge is 2.26. The quantitative estimate of drug-likeness (QED) is 0.182. The molecule has 0 saturated carbocycles. The van der Waals surface area contributed by atoms with Gasteiger partial charge in [0.15, 0.2) is 0 Å². The van der Waals surface area contributed by atoms with Crippen molar-refractivity contribution in [2.75, 3.05) is 31.1 Å². The number of aromatic nitrogens is 3. The molecule has 1 amide bonds. The number of benzene rings is 4. The highest BCUT2D eigenvalue weighted by Crippen LogP contribution is 2.36. The van der Waals surface area contributed by atoms with Gasteiger partial charge in [0.1, 0.15) is 34.2 Å². The van der Waals surface area contributed by atoms with Crippen LogP contribution in [0.2, 0.25) is 5.02 Å². The molecule has 2 aromatic heterocycles. The topological polar surface area (TPSA) is 84.6 Å². The van der Waals surface area contributed by atoms with E-state index in [-0.39, 0.29) is 5.91 Å². The maximum Gasteiger partial charge on any atom is 0.263 e. The molecule has 6 aromatic rings. The molecule has 1 aliphatic heterocycles. The lowest BCUT2D eigenvalue weighted by Crippen LogP contribution is -2.35. The minimum Gasteiger partial charge on any atom is -0.457 e. The van der Waals surface area contributed by atoms with Gasteiger partial charge in [-0.3, -0.25) is 4.79 Å². The maximum absolute atomic E-state index is 13.4. The second-order valence-electron chi connectivity index (χ2n) is 10.9. The van der Waals surface area contributed by atoms with Crippen LogP contribution in [0.3, 0.4) is 0 Å². The van der Waals surface area contributed by atoms with E-state index in [1.54, 1.807) is 24.3 Å². The predicted octanol–water partition coefficient (Wildman–Crippen LogP) is 7.67. The van der Waals surface area contributed by atoms with Crippen LogP contribution in [0.25, 0.3) is 22.4 Å². The lowest BCUT2D eigenvalue weighted by molar-refractivity contribution is 0.0767. The summed E-state index contributed by atoms with van der Waals surface area (Å²) in [4.78, 5) is 27.4. The monoisotopic (exact) mass is 615 g/mol. The molecule has 1 saturated heterocycles. The number of rotatable bonds is 7. The molecule has 0 atom stereocenters. The summed E-state index contributed by atoms with van der Waals surface area (Å²) in [6, 6.07) is 34.6. The maximum atomic E-state index is 13.4. The van der Waals surface area contributed by atoms with Crippen LogP contribution < -0.4 is 9.64 Å². The first kappa shape index (κ1) is 28.6. The van der Waals surface area contributed by atoms with Gasteiger partial charge in [0, 0.05) is 48.7 Å². The van der Waals surface area contributed by atoms with Crippen molar-refractivity contribution in [1.29, 1.82) is 0 Å². The molecule has 8 nitrogen and oxygen atoms in total. The van der Waals surface area contributed by atoms with E-state index >= 15 is 0 Å². The number of fused-ring (bicyclic) bond motifs is 1. The van der Waals surface area contributed by atoms with Crippen molar-refractivity contribution in [3.8, 4) is 22.8 Å². The van der Waals surface area contributed by atoms with Crippen LogP contribution in [0.15, 0.2) is 114 Å². The van der Waals surface area contributed by atoms with E-state index in [0.29, 0.717) is 66.2 Å². The number of ether oxygens (including phenoxy) is 1. The summed E-state index contributed by atoms with van der Waals surface area (Å²) >= 11 is 6.18. The van der Waals surface area contributed by atoms with E-state index in [9.17, 15) is 4.79 Å². The fourth-order valence-corrected chi connectivity index (χ4v) is 5.82. The molecular formula is C36H30ClN5O3. The molecule has 0 bridgehead atoms. The van der Waals surface area contributed by atoms with Crippen LogP contribution in [0.1, 0.15) is 28.2 Å². The summed E-state index contributed by atoms with van der Waals surface area (Å²) in [5, 5.41) is 5.78. The third-order valence-corrected chi connectivity index (χ3v) is 8.04. The van der Waals surface area contributed by atoms with Crippen LogP contribution in [-0.2, 0) is 6.42 Å². The average molecular weight is 616 g/mol. The first-order valence-electron chi connectivity index (χ1n) is 14.9. The number of anilines is 1. The molecule has 3 heterocycles. The Morgan fingerprint density at radius 2 is 1.58 bits per heavy atom. The molecular weight excluding hydrogens is 586 g/mol. The Labute approximate surface area is 265 Å². The molecule has 9 heteroatoms. The minimum absolute atomic E-state index is 0.0298. The SMILES string of the molecule is O=C(c1cccc(Cl)c1)N1CCCN(c2nc(Cc3ccccc3)nc3onc(-c4cccc(Oc5ccccc5)c4)c23)CC1. The van der Waals surface area contributed by atoms with Crippen LogP contribution in [0.4, 0.5) is 5.82 Å². The number of nitrogens with zero attached hydrogens (tertiary/aromatic N) is 5. The molecule has 0 unspecified atom stereocenters. The number of halogens is 1. The third kappa shape index (κ3) is 6.37. The highest BCUT2D eigenvalue weighted by molar-refractivity contribution is 6.31. The summed E-state index contributed by atoms with van der Waals surface area (Å²) < 4.78 is 12.0. The summed E-state index contributed by atoms with van der Waals surface area (Å²) in [6.07, 6.45) is 1.32. The zero-order valence-corrected chi connectivity index (χ0v) is 25.2. The van der Waals surface area contributed by atoms with Crippen LogP contribution in [0.5, 0.6) is 11.5 Å². The lowest BCUT2D eigenvalue weighted by atomic mass is 10.1. The van der Waals surface area contributed by atoms with Gasteiger partial charge in [0.05, 0.1) is 0 Å². The molecule has 1 aliphatic rings. The van der Waals surface area contributed by atoms with Gasteiger partial charge in [-0.15, -0.1) is 0 Å². The van der Waals surface area contributed by atoms with Crippen molar-refractivity contribution in [3.63, 3.8) is 0 Å². The van der Waals surface area contributed by atoms with E-state index in [4.69, 9.17) is 30.8 Å². The van der Waals surface area contributed by atoms with Crippen LogP contribution >= 0.6 is 11.6 Å². The van der Waals surface area contributed by atoms with Crippen molar-refractivity contribution < 1.29 is 14.1 Å². The zero-order valence-electron chi connectivity index (χ0n) is 24.5. The van der Waals surface area contributed by atoms with E-state index in [1.807, 2.05) is 77.7 Å². The summed E-state index contributed by atoms with van der Waals surface area (Å²) in [6.45, 7) is 2.46. The van der Waals surface area contributed by atoms with Gasteiger partial charge in [-0.05, 0) is 54.4 Å². The lowest BCUT2D eigenvalue weighted by Gasteiger charge is -2.24. The van der Waals surface area contributed by atoms with Gasteiger partial charge in [-0.2, -0.15) is 4.98 Å². The largest absolute Gasteiger partial charge is 0.457 e. The highest BCUT2D eigenvalue weighted by atomic mass is 35.5. The third-order valence-electron chi connectivity index (χ3n) is 7.81. The number of para-hydroxylation sites is 1. The Morgan fingerprint density at radius 1 is 0.800 bits per heavy atom. The fraction of sp³-hybridized carbons (Fsp3) is 0.167. The fourth-order valence-electron chi connectivity index (χ4n) is 5.63. The van der Waals surface area contributed by atoms with Crippen molar-refractivity contribution in [2.45, 2.75) is 12.8 Å². The molecule has 7 rings (SSSR count). The summed E-state index contributed by atoms with van der Waals surface area (Å²) in [7, 11) is 0. The van der Waals surface area contributed by atoms with Gasteiger partial charge in [0.2, 0.25) is 0 Å². The second kappa shape index (κ2) is 12.8. The van der Waals surface area contributed by atoms with Crippen molar-refractivity contribution in [2.24, 2.45) is 0 Å². The standard InChI is InChI=1S/C36H30ClN5O3/c37-28-14-7-13-27(23-28)36(43)42-19-9-18-41(20-21-42)34-32-33(26-12-8-17-30(24-26)44-29-15-5-2-6-16-29)40-45-35(32)39-31(38-34)22-25-10-3-1-4-11-25/h1-8,10-17,23-24H,9,18-22H2. The number of carbonyl (C=O) groups excluding carboxylic acids is 1. The van der Waals surface area contributed by atoms with Crippen molar-refractivity contribution in [1.82, 2.24) is 20.0 Å². The number of hydrogen-bond acceptors (Lipinski definition) is 7. The Balaban J connectivity index is 1.24. The molecule has 0 spiro atoms. The normalized spacial score (nSPS) is 13.5. The Hall–Kier alpha value is -5.21. The predicted molar refractivity (Wildman–Crippen MR) is 175 cm³/mol. The molecule has 224 valence electrons. The smallest absolute Gasteiger partial charge is 0.263 e. The van der Waals surface area contributed by atoms with Crippen molar-refractivity contribution in [3.05, 3.63) is 131 Å². The first-order valence-corrected chi connectivity index (χ1v) is 15.3. The van der Waals surface area contributed by atoms with E-state index in [2.05, 4.69) is 22.2 Å². The Bertz CT molecular complexity index is 1950. The molecule has 0 radical (unpaired) electrons. The number of amides is 1. The number of hydrogen-bond donors (Lipinski definition) is 0. The Kier molecular flexibility index (Phi) is 8.12. The van der Waals surface area contributed by atoms with Crippen LogP contribution in [0, 0.1) is 0 Å². The molecule has 1 fully saturated rings. The Morgan fingerprint density at radius 3 is 2.40 bits per heavy atom. The van der Waals surface area contributed by atoms with Gasteiger partial charge in [-0.1, -0.05) is 83.5 Å². The van der Waals surface area contributed by atoms with E-state index in [0.717, 1.165) is 34.5 Å². The first-order chi connectivity index (χ1) is 22.1. The van der Waals surface area contributed by atoms with Crippen molar-refractivity contribution >= 4 is 34.4 Å². The molecule has 4 aromatic carbocycles. The molecule has 0 aliphatic carbocycles. The van der Waals surface area contributed by atoms with Gasteiger partial charge >= 0.3 is 0 Å². The van der Waals surface area contributed by atoms with E-state index < -0.39 is 0 Å². The van der Waals surface area contributed by atoms with Gasteiger partial charge in [0.25, 0.3) is 11.6 Å². The minimum atomic E-state index is -0.0298.